The van der Waals surface area contributed by atoms with Crippen molar-refractivity contribution in [3.05, 3.63) is 195 Å². The summed E-state index contributed by atoms with van der Waals surface area (Å²) in [5.41, 5.74) is 10.4. The smallest absolute Gasteiger partial charge is 0.136 e. The molecule has 6 nitrogen and oxygen atoms in total. The largest absolute Gasteiger partial charge is 0.509 e. The van der Waals surface area contributed by atoms with Crippen LogP contribution in [0.15, 0.2) is 170 Å². The van der Waals surface area contributed by atoms with Gasteiger partial charge < -0.3 is 23.7 Å². The van der Waals surface area contributed by atoms with Crippen LogP contribution >= 0.6 is 0 Å². The van der Waals surface area contributed by atoms with Crippen molar-refractivity contribution in [1.29, 1.82) is 0 Å². The molecular weight excluding hydrogens is 793 g/mol. The predicted octanol–water partition coefficient (Wildman–Crippen LogP) is 12.4. The zero-order chi connectivity index (χ0) is 37.8. The fraction of sp³-hybridized carbons (Fsp3) is 0.0800. The van der Waals surface area contributed by atoms with E-state index < -0.39 is 0 Å². The average Bonchev–Trinajstić information content (AvgIpc) is 3.95. The van der Waals surface area contributed by atoms with E-state index in [4.69, 9.17) is 9.72 Å². The van der Waals surface area contributed by atoms with Crippen LogP contribution in [-0.2, 0) is 25.8 Å². The maximum Gasteiger partial charge on any atom is 0.136 e. The maximum atomic E-state index is 6.76. The average molecular weight is 831 g/mol. The summed E-state index contributed by atoms with van der Waals surface area (Å²) in [6.07, 6.45) is 6.00. The number of pyridine rings is 1. The Bertz CT molecular complexity index is 2910. The summed E-state index contributed by atoms with van der Waals surface area (Å²) in [5.74, 6) is 2.02. The standard InChI is InChI=1S/C50H38N5O.Pd/c1-50(2,3)37-30-40(53-28-27-52(34-53)38-17-9-5-10-18-38)32-42(31-37)56-41-23-24-44-46(33-41)55(47-29-36(25-26-51-47)35-15-7-4-8-16-35)49-43-21-13-14-22-45(43)54(48(44)49)39-19-11-6-12-20-39;/h4-31,34H,1-3H3;/q-3;. The molecule has 57 heavy (non-hydrogen) atoms. The van der Waals surface area contributed by atoms with Gasteiger partial charge in [-0.1, -0.05) is 117 Å². The van der Waals surface area contributed by atoms with Crippen LogP contribution in [0, 0.1) is 18.8 Å². The molecule has 0 spiro atoms. The van der Waals surface area contributed by atoms with E-state index in [2.05, 4.69) is 192 Å². The molecule has 0 saturated carbocycles. The van der Waals surface area contributed by atoms with Gasteiger partial charge in [0.05, 0.1) is 11.0 Å². The molecule has 0 unspecified atom stereocenters. The van der Waals surface area contributed by atoms with Gasteiger partial charge >= 0.3 is 0 Å². The van der Waals surface area contributed by atoms with Crippen LogP contribution in [0.25, 0.3) is 55.5 Å². The van der Waals surface area contributed by atoms with Crippen molar-refractivity contribution in [1.82, 2.24) is 14.1 Å². The van der Waals surface area contributed by atoms with Crippen molar-refractivity contribution in [2.45, 2.75) is 26.2 Å². The van der Waals surface area contributed by atoms with E-state index in [-0.39, 0.29) is 25.8 Å². The van der Waals surface area contributed by atoms with Gasteiger partial charge in [0.2, 0.25) is 0 Å². The van der Waals surface area contributed by atoms with E-state index in [1.54, 1.807) is 0 Å². The molecule has 9 aromatic rings. The quantitative estimate of drug-likeness (QED) is 0.118. The Labute approximate surface area is 346 Å². The van der Waals surface area contributed by atoms with Gasteiger partial charge in [-0.2, -0.15) is 6.07 Å². The molecule has 4 heterocycles. The third kappa shape index (κ3) is 6.59. The summed E-state index contributed by atoms with van der Waals surface area (Å²) in [6, 6.07) is 59.9. The maximum absolute atomic E-state index is 6.76. The monoisotopic (exact) mass is 830 g/mol. The van der Waals surface area contributed by atoms with E-state index >= 15 is 0 Å². The SMILES string of the molecule is CC(C)(C)c1cc(Oc2[c-]c3c(cc2)c2c(c4ccccc4n2-c2ccccc2)n3-c2cc(-c3ccccc3)ccn2)[c-]c(N2C=CN(c3ccccc3)[CH-]2)c1.[Pd]. The van der Waals surface area contributed by atoms with Gasteiger partial charge in [-0.05, 0) is 71.4 Å². The van der Waals surface area contributed by atoms with Crippen molar-refractivity contribution in [2.75, 3.05) is 9.80 Å². The summed E-state index contributed by atoms with van der Waals surface area (Å²) in [4.78, 5) is 9.18. The molecule has 1 aliphatic heterocycles. The Hall–Kier alpha value is -6.39. The number of aromatic nitrogens is 3. The minimum atomic E-state index is -0.128. The topological polar surface area (TPSA) is 38.5 Å². The zero-order valence-electron chi connectivity index (χ0n) is 31.7. The van der Waals surface area contributed by atoms with Gasteiger partial charge in [0.15, 0.2) is 0 Å². The number of anilines is 2. The molecule has 10 rings (SSSR count). The first-order valence-corrected chi connectivity index (χ1v) is 18.9. The molecule has 1 aliphatic rings. The number of rotatable bonds is 7. The Morgan fingerprint density at radius 3 is 2.00 bits per heavy atom. The van der Waals surface area contributed by atoms with Crippen molar-refractivity contribution in [3.63, 3.8) is 0 Å². The first-order chi connectivity index (χ1) is 27.4. The van der Waals surface area contributed by atoms with Gasteiger partial charge in [0, 0.05) is 60.4 Å². The van der Waals surface area contributed by atoms with Crippen molar-refractivity contribution in [2.24, 2.45) is 0 Å². The van der Waals surface area contributed by atoms with Crippen molar-refractivity contribution < 1.29 is 25.2 Å². The number of fused-ring (bicyclic) bond motifs is 5. The molecule has 7 heteroatoms. The third-order valence-corrected chi connectivity index (χ3v) is 10.4. The second-order valence-corrected chi connectivity index (χ2v) is 15.1. The van der Waals surface area contributed by atoms with Crippen LogP contribution < -0.4 is 14.5 Å². The Kier molecular flexibility index (Phi) is 9.29. The van der Waals surface area contributed by atoms with Gasteiger partial charge in [-0.25, -0.2) is 4.98 Å². The number of hydrogen-bond donors (Lipinski definition) is 0. The zero-order valence-corrected chi connectivity index (χ0v) is 33.3. The summed E-state index contributed by atoms with van der Waals surface area (Å²) < 4.78 is 11.4. The summed E-state index contributed by atoms with van der Waals surface area (Å²) in [7, 11) is 0. The molecule has 3 aromatic heterocycles. The summed E-state index contributed by atoms with van der Waals surface area (Å²) in [6.45, 7) is 8.72. The van der Waals surface area contributed by atoms with E-state index in [1.807, 2.05) is 36.5 Å². The Morgan fingerprint density at radius 2 is 1.25 bits per heavy atom. The molecule has 0 aliphatic carbocycles. The Morgan fingerprint density at radius 1 is 0.579 bits per heavy atom. The van der Waals surface area contributed by atoms with Gasteiger partial charge in [-0.3, -0.25) is 0 Å². The minimum absolute atomic E-state index is 0. The molecule has 0 saturated heterocycles. The molecule has 282 valence electrons. The molecule has 0 radical (unpaired) electrons. The van der Waals surface area contributed by atoms with Crippen LogP contribution in [0.1, 0.15) is 26.3 Å². The molecule has 0 N–H and O–H groups in total. The molecule has 0 fully saturated rings. The van der Waals surface area contributed by atoms with Gasteiger partial charge in [0.1, 0.15) is 5.82 Å². The number of ether oxygens (including phenoxy) is 1. The van der Waals surface area contributed by atoms with E-state index in [1.165, 1.54) is 0 Å². The van der Waals surface area contributed by atoms with Crippen LogP contribution in [0.5, 0.6) is 11.5 Å². The minimum Gasteiger partial charge on any atom is -0.509 e. The van der Waals surface area contributed by atoms with Gasteiger partial charge in [0.25, 0.3) is 0 Å². The normalized spacial score (nSPS) is 12.8. The van der Waals surface area contributed by atoms with Crippen LogP contribution in [0.3, 0.4) is 0 Å². The number of benzene rings is 6. The first-order valence-electron chi connectivity index (χ1n) is 18.9. The summed E-state index contributed by atoms with van der Waals surface area (Å²) in [5, 5.41) is 2.17. The van der Waals surface area contributed by atoms with Crippen LogP contribution in [-0.4, -0.2) is 14.1 Å². The van der Waals surface area contributed by atoms with Crippen LogP contribution in [0.4, 0.5) is 11.4 Å². The van der Waals surface area contributed by atoms with E-state index in [0.717, 1.165) is 72.4 Å². The number of nitrogens with zero attached hydrogens (tertiary/aromatic N) is 5. The summed E-state index contributed by atoms with van der Waals surface area (Å²) >= 11 is 0. The second kappa shape index (κ2) is 14.6. The molecule has 0 bridgehead atoms. The van der Waals surface area contributed by atoms with Crippen molar-refractivity contribution >= 4 is 44.2 Å². The number of para-hydroxylation sites is 3. The molecule has 0 atom stereocenters. The van der Waals surface area contributed by atoms with E-state index in [0.29, 0.717) is 11.5 Å². The second-order valence-electron chi connectivity index (χ2n) is 15.1. The first kappa shape index (κ1) is 36.3. The number of hydrogen-bond acceptors (Lipinski definition) is 4. The predicted molar refractivity (Wildman–Crippen MR) is 229 cm³/mol. The van der Waals surface area contributed by atoms with Crippen molar-refractivity contribution in [3.8, 4) is 34.1 Å². The van der Waals surface area contributed by atoms with Gasteiger partial charge in [-0.15, -0.1) is 48.3 Å². The molecule has 0 amide bonds. The van der Waals surface area contributed by atoms with Crippen LogP contribution in [0.2, 0.25) is 0 Å². The fourth-order valence-electron chi connectivity index (χ4n) is 7.65. The van der Waals surface area contributed by atoms with E-state index in [9.17, 15) is 0 Å². The third-order valence-electron chi connectivity index (χ3n) is 10.4. The molecular formula is C50H38N5OPd-3. The fourth-order valence-corrected chi connectivity index (χ4v) is 7.65. The Balaban J connectivity index is 0.00000422. The molecule has 6 aromatic carbocycles.